The Morgan fingerprint density at radius 3 is 2.75 bits per heavy atom. The van der Waals surface area contributed by atoms with Crippen molar-refractivity contribution in [2.24, 2.45) is 5.73 Å². The first-order valence-electron chi connectivity index (χ1n) is 6.57. The van der Waals surface area contributed by atoms with Crippen LogP contribution in [-0.4, -0.2) is 13.2 Å². The lowest BCUT2D eigenvalue weighted by atomic mass is 9.97. The minimum atomic E-state index is -0.443. The second-order valence-electron chi connectivity index (χ2n) is 4.86. The number of hydrogen-bond acceptors (Lipinski definition) is 3. The van der Waals surface area contributed by atoms with Gasteiger partial charge in [-0.2, -0.15) is 0 Å². The molecule has 3 rings (SSSR count). The highest BCUT2D eigenvalue weighted by atomic mass is 19.1. The number of fused-ring (bicyclic) bond motifs is 1. The van der Waals surface area contributed by atoms with E-state index in [1.54, 1.807) is 13.0 Å². The third-order valence-corrected chi connectivity index (χ3v) is 3.49. The molecule has 0 spiro atoms. The van der Waals surface area contributed by atoms with E-state index in [1.807, 2.05) is 24.3 Å². The topological polar surface area (TPSA) is 44.5 Å². The molecule has 2 aromatic carbocycles. The molecule has 1 unspecified atom stereocenters. The van der Waals surface area contributed by atoms with Crippen molar-refractivity contribution in [1.82, 2.24) is 0 Å². The number of para-hydroxylation sites is 1. The lowest BCUT2D eigenvalue weighted by Crippen LogP contribution is -2.20. The molecule has 1 heterocycles. The van der Waals surface area contributed by atoms with Crippen molar-refractivity contribution >= 4 is 0 Å². The van der Waals surface area contributed by atoms with Crippen LogP contribution >= 0.6 is 0 Å². The summed E-state index contributed by atoms with van der Waals surface area (Å²) in [4.78, 5) is 0. The molecule has 0 saturated heterocycles. The monoisotopic (exact) mass is 273 g/mol. The fraction of sp³-hybridized carbons (Fsp3) is 0.250. The molecule has 2 aromatic rings. The first-order chi connectivity index (χ1) is 9.66. The standard InChI is InChI=1S/C16H16FNO2/c1-10-5-6-11(9-13(10)17)15(18)12-3-2-4-14-16(12)20-8-7-19-14/h2-6,9,15H,7-8,18H2,1H3. The number of benzene rings is 2. The van der Waals surface area contributed by atoms with Crippen LogP contribution in [-0.2, 0) is 0 Å². The maximum Gasteiger partial charge on any atom is 0.166 e. The third kappa shape index (κ3) is 2.23. The van der Waals surface area contributed by atoms with Crippen LogP contribution in [0.15, 0.2) is 36.4 Å². The fourth-order valence-electron chi connectivity index (χ4n) is 2.32. The number of ether oxygens (including phenoxy) is 2. The zero-order valence-electron chi connectivity index (χ0n) is 11.2. The average Bonchev–Trinajstić information content (AvgIpc) is 2.49. The van der Waals surface area contributed by atoms with Crippen LogP contribution in [0.2, 0.25) is 0 Å². The number of nitrogens with two attached hydrogens (primary N) is 1. The van der Waals surface area contributed by atoms with Gasteiger partial charge in [0, 0.05) is 5.56 Å². The van der Waals surface area contributed by atoms with Gasteiger partial charge in [-0.15, -0.1) is 0 Å². The summed E-state index contributed by atoms with van der Waals surface area (Å²) in [7, 11) is 0. The van der Waals surface area contributed by atoms with Crippen molar-refractivity contribution in [1.29, 1.82) is 0 Å². The van der Waals surface area contributed by atoms with E-state index in [2.05, 4.69) is 0 Å². The lowest BCUT2D eigenvalue weighted by Gasteiger charge is -2.23. The molecule has 0 radical (unpaired) electrons. The summed E-state index contributed by atoms with van der Waals surface area (Å²) in [5.41, 5.74) is 8.39. The van der Waals surface area contributed by atoms with Crippen LogP contribution in [0.1, 0.15) is 22.7 Å². The van der Waals surface area contributed by atoms with Gasteiger partial charge >= 0.3 is 0 Å². The Kier molecular flexibility index (Phi) is 3.32. The summed E-state index contributed by atoms with van der Waals surface area (Å²) in [6, 6.07) is 10.2. The summed E-state index contributed by atoms with van der Waals surface area (Å²) >= 11 is 0. The van der Waals surface area contributed by atoms with Crippen LogP contribution in [0.5, 0.6) is 11.5 Å². The van der Waals surface area contributed by atoms with Gasteiger partial charge in [0.05, 0.1) is 6.04 Å². The van der Waals surface area contributed by atoms with Crippen molar-refractivity contribution in [2.45, 2.75) is 13.0 Å². The summed E-state index contributed by atoms with van der Waals surface area (Å²) in [5.74, 6) is 1.10. The summed E-state index contributed by atoms with van der Waals surface area (Å²) in [6.45, 7) is 2.76. The van der Waals surface area contributed by atoms with Gasteiger partial charge in [-0.25, -0.2) is 4.39 Å². The van der Waals surface area contributed by atoms with Crippen molar-refractivity contribution in [2.75, 3.05) is 13.2 Å². The minimum absolute atomic E-state index is 0.250. The summed E-state index contributed by atoms with van der Waals surface area (Å²) in [6.07, 6.45) is 0. The Hall–Kier alpha value is -2.07. The van der Waals surface area contributed by atoms with E-state index in [-0.39, 0.29) is 5.82 Å². The van der Waals surface area contributed by atoms with E-state index in [1.165, 1.54) is 6.07 Å². The molecule has 1 aliphatic heterocycles. The molecule has 0 bridgehead atoms. The highest BCUT2D eigenvalue weighted by Gasteiger charge is 2.21. The van der Waals surface area contributed by atoms with Crippen molar-refractivity contribution < 1.29 is 13.9 Å². The molecule has 0 saturated carbocycles. The van der Waals surface area contributed by atoms with E-state index < -0.39 is 6.04 Å². The molecule has 3 nitrogen and oxygen atoms in total. The van der Waals surface area contributed by atoms with Crippen molar-refractivity contribution in [3.63, 3.8) is 0 Å². The highest BCUT2D eigenvalue weighted by Crippen LogP contribution is 2.38. The smallest absolute Gasteiger partial charge is 0.166 e. The summed E-state index contributed by atoms with van der Waals surface area (Å²) in [5, 5.41) is 0. The maximum atomic E-state index is 13.7. The van der Waals surface area contributed by atoms with Gasteiger partial charge < -0.3 is 15.2 Å². The van der Waals surface area contributed by atoms with Gasteiger partial charge in [-0.1, -0.05) is 24.3 Å². The molecular weight excluding hydrogens is 257 g/mol. The molecule has 104 valence electrons. The molecule has 2 N–H and O–H groups in total. The van der Waals surface area contributed by atoms with Gasteiger partial charge in [0.2, 0.25) is 0 Å². The lowest BCUT2D eigenvalue weighted by molar-refractivity contribution is 0.169. The fourth-order valence-corrected chi connectivity index (χ4v) is 2.32. The van der Waals surface area contributed by atoms with Gasteiger partial charge in [-0.05, 0) is 30.2 Å². The first-order valence-corrected chi connectivity index (χ1v) is 6.57. The Balaban J connectivity index is 2.02. The molecule has 1 aliphatic rings. The third-order valence-electron chi connectivity index (χ3n) is 3.49. The molecule has 20 heavy (non-hydrogen) atoms. The quantitative estimate of drug-likeness (QED) is 0.915. The molecular formula is C16H16FNO2. The Morgan fingerprint density at radius 2 is 1.95 bits per heavy atom. The number of hydrogen-bond donors (Lipinski definition) is 1. The number of aryl methyl sites for hydroxylation is 1. The van der Waals surface area contributed by atoms with E-state index in [0.29, 0.717) is 30.3 Å². The zero-order valence-corrected chi connectivity index (χ0v) is 11.2. The van der Waals surface area contributed by atoms with E-state index >= 15 is 0 Å². The van der Waals surface area contributed by atoms with Crippen LogP contribution in [0.25, 0.3) is 0 Å². The Bertz CT molecular complexity index is 642. The van der Waals surface area contributed by atoms with E-state index in [0.717, 1.165) is 11.1 Å². The molecule has 0 aliphatic carbocycles. The van der Waals surface area contributed by atoms with Crippen LogP contribution in [0, 0.1) is 12.7 Å². The number of rotatable bonds is 2. The number of halogens is 1. The second-order valence-corrected chi connectivity index (χ2v) is 4.86. The maximum absolute atomic E-state index is 13.7. The van der Waals surface area contributed by atoms with Crippen LogP contribution in [0.4, 0.5) is 4.39 Å². The molecule has 4 heteroatoms. The largest absolute Gasteiger partial charge is 0.486 e. The van der Waals surface area contributed by atoms with Gasteiger partial charge in [0.15, 0.2) is 11.5 Å². The Labute approximate surface area is 117 Å². The second kappa shape index (κ2) is 5.13. The Morgan fingerprint density at radius 1 is 1.15 bits per heavy atom. The average molecular weight is 273 g/mol. The van der Waals surface area contributed by atoms with Crippen molar-refractivity contribution in [3.8, 4) is 11.5 Å². The zero-order chi connectivity index (χ0) is 14.1. The molecule has 0 fully saturated rings. The SMILES string of the molecule is Cc1ccc(C(N)c2cccc3c2OCCO3)cc1F. The van der Waals surface area contributed by atoms with Gasteiger partial charge in [-0.3, -0.25) is 0 Å². The summed E-state index contributed by atoms with van der Waals surface area (Å²) < 4.78 is 24.9. The van der Waals surface area contributed by atoms with E-state index in [9.17, 15) is 4.39 Å². The first kappa shape index (κ1) is 12.9. The van der Waals surface area contributed by atoms with E-state index in [4.69, 9.17) is 15.2 Å². The van der Waals surface area contributed by atoms with Crippen LogP contribution < -0.4 is 15.2 Å². The van der Waals surface area contributed by atoms with Gasteiger partial charge in [0.1, 0.15) is 19.0 Å². The molecule has 0 aromatic heterocycles. The molecule has 0 amide bonds. The predicted octanol–water partition coefficient (Wildman–Crippen LogP) is 2.95. The molecule has 1 atom stereocenters. The minimum Gasteiger partial charge on any atom is -0.486 e. The normalized spacial score (nSPS) is 14.9. The van der Waals surface area contributed by atoms with Gasteiger partial charge in [0.25, 0.3) is 0 Å². The predicted molar refractivity (Wildman–Crippen MR) is 74.6 cm³/mol. The highest BCUT2D eigenvalue weighted by molar-refractivity contribution is 5.51. The van der Waals surface area contributed by atoms with Crippen LogP contribution in [0.3, 0.4) is 0 Å². The van der Waals surface area contributed by atoms with Crippen molar-refractivity contribution in [3.05, 3.63) is 58.9 Å².